The summed E-state index contributed by atoms with van der Waals surface area (Å²) in [7, 11) is 0. The molecule has 110 valence electrons. The predicted molar refractivity (Wildman–Crippen MR) is 74.7 cm³/mol. The van der Waals surface area contributed by atoms with Gasteiger partial charge in [-0.3, -0.25) is 4.79 Å². The molecule has 1 aromatic heterocycles. The highest BCUT2D eigenvalue weighted by Crippen LogP contribution is 2.24. The van der Waals surface area contributed by atoms with Crippen molar-refractivity contribution < 1.29 is 24.2 Å². The highest BCUT2D eigenvalue weighted by Gasteiger charge is 2.23. The fraction of sp³-hybridized carbons (Fsp3) is 0.200. The fourth-order valence-corrected chi connectivity index (χ4v) is 1.94. The lowest BCUT2D eigenvalue weighted by atomic mass is 10.1. The number of nitrogens with one attached hydrogen (secondary N) is 1. The second kappa shape index (κ2) is 6.71. The Kier molecular flexibility index (Phi) is 4.73. The Labute approximate surface area is 121 Å². The van der Waals surface area contributed by atoms with E-state index in [-0.39, 0.29) is 18.8 Å². The van der Waals surface area contributed by atoms with Gasteiger partial charge in [0.15, 0.2) is 5.76 Å². The number of aliphatic hydroxyl groups excluding tert-OH is 1. The van der Waals surface area contributed by atoms with E-state index < -0.39 is 17.9 Å². The second-order valence-electron chi connectivity index (χ2n) is 4.41. The van der Waals surface area contributed by atoms with Crippen molar-refractivity contribution >= 4 is 11.9 Å². The van der Waals surface area contributed by atoms with Crippen LogP contribution in [0, 0.1) is 0 Å². The van der Waals surface area contributed by atoms with Gasteiger partial charge in [-0.05, 0) is 11.6 Å². The summed E-state index contributed by atoms with van der Waals surface area (Å²) in [6, 6.07) is 9.65. The molecule has 0 unspecified atom stereocenters. The Morgan fingerprint density at radius 3 is 2.52 bits per heavy atom. The van der Waals surface area contributed by atoms with Crippen LogP contribution in [0.15, 0.2) is 47.1 Å². The van der Waals surface area contributed by atoms with Gasteiger partial charge in [0.25, 0.3) is 5.91 Å². The second-order valence-corrected chi connectivity index (χ2v) is 4.41. The van der Waals surface area contributed by atoms with E-state index >= 15 is 0 Å². The molecule has 0 saturated carbocycles. The van der Waals surface area contributed by atoms with Crippen LogP contribution in [0.4, 0.5) is 0 Å². The summed E-state index contributed by atoms with van der Waals surface area (Å²) < 4.78 is 5.17. The van der Waals surface area contributed by atoms with Gasteiger partial charge in [-0.15, -0.1) is 0 Å². The van der Waals surface area contributed by atoms with Crippen LogP contribution in [-0.2, 0) is 4.79 Å². The summed E-state index contributed by atoms with van der Waals surface area (Å²) in [5.41, 5.74) is 1.38. The molecule has 1 atom stereocenters. The monoisotopic (exact) mass is 289 g/mol. The van der Waals surface area contributed by atoms with Crippen molar-refractivity contribution in [2.24, 2.45) is 0 Å². The molecular formula is C15H15NO5. The molecule has 1 amide bonds. The Morgan fingerprint density at radius 2 is 1.90 bits per heavy atom. The zero-order chi connectivity index (χ0) is 15.2. The van der Waals surface area contributed by atoms with Gasteiger partial charge in [-0.1, -0.05) is 30.3 Å². The minimum atomic E-state index is -1.20. The van der Waals surface area contributed by atoms with Crippen molar-refractivity contribution in [2.45, 2.75) is 12.5 Å². The minimum absolute atomic E-state index is 0.0467. The first kappa shape index (κ1) is 14.8. The van der Waals surface area contributed by atoms with Gasteiger partial charge in [0.1, 0.15) is 6.04 Å². The van der Waals surface area contributed by atoms with E-state index in [9.17, 15) is 9.59 Å². The van der Waals surface area contributed by atoms with Crippen molar-refractivity contribution in [2.75, 3.05) is 6.61 Å². The zero-order valence-electron chi connectivity index (χ0n) is 11.2. The van der Waals surface area contributed by atoms with Crippen molar-refractivity contribution in [3.8, 4) is 11.1 Å². The van der Waals surface area contributed by atoms with E-state index in [1.807, 2.05) is 30.3 Å². The van der Waals surface area contributed by atoms with Crippen LogP contribution in [0.3, 0.4) is 0 Å². The number of benzene rings is 1. The average molecular weight is 289 g/mol. The average Bonchev–Trinajstić information content (AvgIpc) is 2.97. The number of carbonyl (C=O) groups is 2. The summed E-state index contributed by atoms with van der Waals surface area (Å²) >= 11 is 0. The van der Waals surface area contributed by atoms with Gasteiger partial charge in [-0.2, -0.15) is 0 Å². The number of carbonyl (C=O) groups excluding carboxylic acids is 1. The van der Waals surface area contributed by atoms with Crippen molar-refractivity contribution in [1.82, 2.24) is 5.32 Å². The third-order valence-corrected chi connectivity index (χ3v) is 2.98. The molecule has 6 heteroatoms. The molecule has 2 aromatic rings. The molecule has 0 fully saturated rings. The molecule has 0 aliphatic carbocycles. The topological polar surface area (TPSA) is 99.8 Å². The Balaban J connectivity index is 2.21. The van der Waals surface area contributed by atoms with Gasteiger partial charge in [0, 0.05) is 18.6 Å². The summed E-state index contributed by atoms with van der Waals surface area (Å²) in [5, 5.41) is 20.1. The van der Waals surface area contributed by atoms with Crippen molar-refractivity contribution in [3.63, 3.8) is 0 Å². The number of amides is 1. The van der Waals surface area contributed by atoms with Crippen LogP contribution >= 0.6 is 0 Å². The first-order chi connectivity index (χ1) is 10.1. The Morgan fingerprint density at radius 1 is 1.19 bits per heavy atom. The quantitative estimate of drug-likeness (QED) is 0.748. The van der Waals surface area contributed by atoms with Crippen molar-refractivity contribution in [3.05, 3.63) is 48.4 Å². The van der Waals surface area contributed by atoms with Gasteiger partial charge in [0.05, 0.1) is 6.26 Å². The van der Waals surface area contributed by atoms with E-state index in [4.69, 9.17) is 14.6 Å². The number of hydrogen-bond donors (Lipinski definition) is 3. The maximum Gasteiger partial charge on any atom is 0.326 e. The maximum atomic E-state index is 12.1. The standard InChI is InChI=1S/C15H15NO5/c17-8-6-12(15(19)20)16-14(18)13-11(7-9-21-13)10-4-2-1-3-5-10/h1-5,7,9,12,17H,6,8H2,(H,16,18)(H,19,20)/t12-/m1/s1. The maximum absolute atomic E-state index is 12.1. The van der Waals surface area contributed by atoms with E-state index in [1.54, 1.807) is 6.07 Å². The van der Waals surface area contributed by atoms with E-state index in [2.05, 4.69) is 5.32 Å². The molecule has 1 heterocycles. The Bertz CT molecular complexity index is 620. The van der Waals surface area contributed by atoms with Gasteiger partial charge < -0.3 is 19.9 Å². The number of carboxylic acid groups (broad SMARTS) is 1. The molecular weight excluding hydrogens is 274 g/mol. The van der Waals surface area contributed by atoms with Crippen LogP contribution in [0.1, 0.15) is 17.0 Å². The van der Waals surface area contributed by atoms with Crippen LogP contribution in [0.5, 0.6) is 0 Å². The molecule has 0 aliphatic rings. The molecule has 0 spiro atoms. The number of aliphatic carboxylic acids is 1. The van der Waals surface area contributed by atoms with E-state index in [1.165, 1.54) is 6.26 Å². The third kappa shape index (κ3) is 3.49. The van der Waals surface area contributed by atoms with Crippen LogP contribution in [-0.4, -0.2) is 34.7 Å². The lowest BCUT2D eigenvalue weighted by molar-refractivity contribution is -0.139. The predicted octanol–water partition coefficient (Wildman–Crippen LogP) is 1.51. The van der Waals surface area contributed by atoms with Gasteiger partial charge in [-0.25, -0.2) is 4.79 Å². The summed E-state index contributed by atoms with van der Waals surface area (Å²) in [6.07, 6.45) is 1.31. The number of carboxylic acids is 1. The van der Waals surface area contributed by atoms with Crippen molar-refractivity contribution in [1.29, 1.82) is 0 Å². The molecule has 1 aromatic carbocycles. The molecule has 3 N–H and O–H groups in total. The smallest absolute Gasteiger partial charge is 0.326 e. The van der Waals surface area contributed by atoms with E-state index in [0.717, 1.165) is 5.56 Å². The lowest BCUT2D eigenvalue weighted by Crippen LogP contribution is -2.41. The molecule has 6 nitrogen and oxygen atoms in total. The minimum Gasteiger partial charge on any atom is -0.480 e. The molecule has 0 radical (unpaired) electrons. The first-order valence-electron chi connectivity index (χ1n) is 6.41. The van der Waals surface area contributed by atoms with Gasteiger partial charge in [0.2, 0.25) is 0 Å². The third-order valence-electron chi connectivity index (χ3n) is 2.98. The number of furan rings is 1. The fourth-order valence-electron chi connectivity index (χ4n) is 1.94. The summed E-state index contributed by atoms with van der Waals surface area (Å²) in [4.78, 5) is 23.1. The summed E-state index contributed by atoms with van der Waals surface area (Å²) in [6.45, 7) is -0.332. The van der Waals surface area contributed by atoms with Crippen LogP contribution in [0.25, 0.3) is 11.1 Å². The molecule has 0 aliphatic heterocycles. The van der Waals surface area contributed by atoms with Crippen LogP contribution < -0.4 is 5.32 Å². The number of rotatable bonds is 6. The van der Waals surface area contributed by atoms with E-state index in [0.29, 0.717) is 5.56 Å². The molecule has 0 saturated heterocycles. The first-order valence-corrected chi connectivity index (χ1v) is 6.41. The largest absolute Gasteiger partial charge is 0.480 e. The Hall–Kier alpha value is -2.60. The lowest BCUT2D eigenvalue weighted by Gasteiger charge is -2.12. The highest BCUT2D eigenvalue weighted by molar-refractivity contribution is 5.99. The van der Waals surface area contributed by atoms with Crippen LogP contribution in [0.2, 0.25) is 0 Å². The number of aliphatic hydroxyl groups is 1. The number of hydrogen-bond acceptors (Lipinski definition) is 4. The van der Waals surface area contributed by atoms with Gasteiger partial charge >= 0.3 is 5.97 Å². The normalized spacial score (nSPS) is 11.9. The zero-order valence-corrected chi connectivity index (χ0v) is 11.2. The molecule has 2 rings (SSSR count). The SMILES string of the molecule is O=C(N[C@H](CCO)C(=O)O)c1occc1-c1ccccc1. The molecule has 21 heavy (non-hydrogen) atoms. The summed E-state index contributed by atoms with van der Waals surface area (Å²) in [5.74, 6) is -1.78. The molecule has 0 bridgehead atoms. The highest BCUT2D eigenvalue weighted by atomic mass is 16.4.